The molecule has 0 radical (unpaired) electrons. The Kier molecular flexibility index (Phi) is 7.79. The van der Waals surface area contributed by atoms with Gasteiger partial charge in [-0.1, -0.05) is 38.1 Å². The molecule has 0 saturated carbocycles. The Morgan fingerprint density at radius 2 is 1.89 bits per heavy atom. The molecule has 1 aliphatic rings. The predicted octanol–water partition coefficient (Wildman–Crippen LogP) is 5.15. The standard InChI is InChI=1S/C33H35ClFN9O2/c1-8-24(45)42-13-18(5)43(14-17(42)4)30-20-12-21(34)27(26-22(35)10-9-11-23(26)36)39-31(20)44(33(46)40-30)29-19(6)38-32-28(25(29)16(2)3)37-15-41(32)7/h8-12,15-18H,1,13-14,36H2,2-7H3/t17-,18+/m1/s1. The summed E-state index contributed by atoms with van der Waals surface area (Å²) in [5.74, 6) is -0.475. The van der Waals surface area contributed by atoms with Crippen LogP contribution in [-0.2, 0) is 11.8 Å². The van der Waals surface area contributed by atoms with Gasteiger partial charge in [-0.25, -0.2) is 28.7 Å². The molecule has 11 nitrogen and oxygen atoms in total. The van der Waals surface area contributed by atoms with Crippen molar-refractivity contribution in [3.63, 3.8) is 0 Å². The summed E-state index contributed by atoms with van der Waals surface area (Å²) in [6, 6.07) is 5.59. The van der Waals surface area contributed by atoms with E-state index in [0.717, 1.165) is 5.56 Å². The third-order valence-electron chi connectivity index (χ3n) is 8.63. The number of carbonyl (C=O) groups is 1. The molecule has 4 aromatic heterocycles. The van der Waals surface area contributed by atoms with Crippen LogP contribution in [0.1, 0.15) is 44.9 Å². The fraction of sp³-hybridized carbons (Fsp3) is 0.333. The second-order valence-corrected chi connectivity index (χ2v) is 12.5. The molecule has 2 N–H and O–H groups in total. The number of fused-ring (bicyclic) bond motifs is 2. The first kappa shape index (κ1) is 31.2. The Bertz CT molecular complexity index is 2100. The van der Waals surface area contributed by atoms with E-state index in [1.807, 2.05) is 51.1 Å². The molecule has 6 rings (SSSR count). The average molecular weight is 644 g/mol. The summed E-state index contributed by atoms with van der Waals surface area (Å²) < 4.78 is 18.6. The molecule has 13 heteroatoms. The van der Waals surface area contributed by atoms with E-state index in [2.05, 4.69) is 16.5 Å². The second kappa shape index (κ2) is 11.5. The van der Waals surface area contributed by atoms with Crippen molar-refractivity contribution in [3.05, 3.63) is 75.8 Å². The summed E-state index contributed by atoms with van der Waals surface area (Å²) in [6.45, 7) is 14.2. The van der Waals surface area contributed by atoms with E-state index in [9.17, 15) is 9.59 Å². The van der Waals surface area contributed by atoms with Gasteiger partial charge in [-0.2, -0.15) is 4.98 Å². The van der Waals surface area contributed by atoms with Crippen LogP contribution < -0.4 is 16.3 Å². The molecule has 5 aromatic rings. The zero-order valence-electron chi connectivity index (χ0n) is 26.5. The molecule has 1 saturated heterocycles. The molecular weight excluding hydrogens is 609 g/mol. The summed E-state index contributed by atoms with van der Waals surface area (Å²) in [5.41, 5.74) is 9.32. The highest BCUT2D eigenvalue weighted by Crippen LogP contribution is 2.39. The fourth-order valence-electron chi connectivity index (χ4n) is 6.43. The van der Waals surface area contributed by atoms with Crippen molar-refractivity contribution >= 4 is 51.2 Å². The van der Waals surface area contributed by atoms with Gasteiger partial charge in [0.25, 0.3) is 0 Å². The molecule has 1 aliphatic heterocycles. The molecule has 0 aliphatic carbocycles. The van der Waals surface area contributed by atoms with Gasteiger partial charge in [-0.05, 0) is 51.0 Å². The smallest absolute Gasteiger partial charge is 0.355 e. The molecule has 5 heterocycles. The van der Waals surface area contributed by atoms with Crippen LogP contribution in [0, 0.1) is 12.7 Å². The van der Waals surface area contributed by atoms with Gasteiger partial charge in [0.05, 0.1) is 39.4 Å². The monoisotopic (exact) mass is 643 g/mol. The van der Waals surface area contributed by atoms with E-state index in [4.69, 9.17) is 27.3 Å². The van der Waals surface area contributed by atoms with Gasteiger partial charge < -0.3 is 20.1 Å². The van der Waals surface area contributed by atoms with E-state index in [-0.39, 0.29) is 51.5 Å². The second-order valence-electron chi connectivity index (χ2n) is 12.1. The third-order valence-corrected chi connectivity index (χ3v) is 8.92. The maximum absolute atomic E-state index is 15.3. The van der Waals surface area contributed by atoms with Crippen LogP contribution in [0.4, 0.5) is 15.9 Å². The van der Waals surface area contributed by atoms with Crippen LogP contribution >= 0.6 is 11.6 Å². The number of hydrogen-bond donors (Lipinski definition) is 1. The highest BCUT2D eigenvalue weighted by atomic mass is 35.5. The summed E-state index contributed by atoms with van der Waals surface area (Å²) in [7, 11) is 1.86. The van der Waals surface area contributed by atoms with Gasteiger partial charge in [0, 0.05) is 43.5 Å². The maximum atomic E-state index is 15.3. The minimum Gasteiger partial charge on any atom is -0.398 e. The van der Waals surface area contributed by atoms with Crippen LogP contribution in [-0.4, -0.2) is 65.1 Å². The lowest BCUT2D eigenvalue weighted by molar-refractivity contribution is -0.128. The SMILES string of the molecule is C=CC(=O)N1C[C@H](C)N(c2nc(=O)n(-c3c(C)nc4c(ncn4C)c3C(C)C)c3nc(-c4c(N)cccc4F)c(Cl)cc23)C[C@H]1C. The van der Waals surface area contributed by atoms with E-state index in [1.165, 1.54) is 22.8 Å². The lowest BCUT2D eigenvalue weighted by Crippen LogP contribution is -2.58. The van der Waals surface area contributed by atoms with E-state index < -0.39 is 11.5 Å². The summed E-state index contributed by atoms with van der Waals surface area (Å²) in [6.07, 6.45) is 2.99. The van der Waals surface area contributed by atoms with E-state index >= 15 is 4.39 Å². The largest absolute Gasteiger partial charge is 0.398 e. The molecule has 238 valence electrons. The number of aryl methyl sites for hydroxylation is 2. The molecular formula is C33H35ClFN9O2. The van der Waals surface area contributed by atoms with Crippen molar-refractivity contribution in [2.45, 2.75) is 52.6 Å². The summed E-state index contributed by atoms with van der Waals surface area (Å²) >= 11 is 6.87. The first-order chi connectivity index (χ1) is 21.8. The Morgan fingerprint density at radius 3 is 2.57 bits per heavy atom. The van der Waals surface area contributed by atoms with Crippen molar-refractivity contribution in [2.75, 3.05) is 23.7 Å². The Morgan fingerprint density at radius 1 is 1.15 bits per heavy atom. The first-order valence-electron chi connectivity index (χ1n) is 15.0. The zero-order valence-corrected chi connectivity index (χ0v) is 27.3. The Labute approximate surface area is 270 Å². The number of imidazole rings is 1. The van der Waals surface area contributed by atoms with Crippen LogP contribution in [0.5, 0.6) is 0 Å². The zero-order chi connectivity index (χ0) is 33.2. The highest BCUT2D eigenvalue weighted by Gasteiger charge is 2.34. The van der Waals surface area contributed by atoms with Crippen molar-refractivity contribution in [2.24, 2.45) is 7.05 Å². The van der Waals surface area contributed by atoms with Crippen molar-refractivity contribution in [1.82, 2.24) is 34.0 Å². The predicted molar refractivity (Wildman–Crippen MR) is 179 cm³/mol. The van der Waals surface area contributed by atoms with Crippen molar-refractivity contribution < 1.29 is 9.18 Å². The number of amides is 1. The molecule has 46 heavy (non-hydrogen) atoms. The minimum absolute atomic E-state index is 0.0319. The number of halogens is 2. The molecule has 2 atom stereocenters. The third kappa shape index (κ3) is 4.87. The van der Waals surface area contributed by atoms with Gasteiger partial charge in [0.2, 0.25) is 5.91 Å². The van der Waals surface area contributed by atoms with Gasteiger partial charge >= 0.3 is 5.69 Å². The summed E-state index contributed by atoms with van der Waals surface area (Å²) in [4.78, 5) is 49.6. The van der Waals surface area contributed by atoms with Crippen LogP contribution in [0.25, 0.3) is 39.1 Å². The van der Waals surface area contributed by atoms with E-state index in [0.29, 0.717) is 46.8 Å². The lowest BCUT2D eigenvalue weighted by atomic mass is 9.99. The van der Waals surface area contributed by atoms with Gasteiger partial charge in [0.1, 0.15) is 17.2 Å². The highest BCUT2D eigenvalue weighted by molar-refractivity contribution is 6.34. The maximum Gasteiger partial charge on any atom is 0.355 e. The van der Waals surface area contributed by atoms with Gasteiger partial charge in [-0.15, -0.1) is 0 Å². The normalized spacial score (nSPS) is 17.0. The molecule has 1 fully saturated rings. The van der Waals surface area contributed by atoms with Crippen LogP contribution in [0.3, 0.4) is 0 Å². The van der Waals surface area contributed by atoms with Crippen molar-refractivity contribution in [3.8, 4) is 16.9 Å². The molecule has 0 unspecified atom stereocenters. The number of benzene rings is 1. The molecule has 1 aromatic carbocycles. The lowest BCUT2D eigenvalue weighted by Gasteiger charge is -2.44. The average Bonchev–Trinajstić information content (AvgIpc) is 3.36. The topological polar surface area (TPSA) is 128 Å². The Hall–Kier alpha value is -4.84. The van der Waals surface area contributed by atoms with Crippen LogP contribution in [0.2, 0.25) is 5.02 Å². The number of anilines is 2. The number of nitrogens with zero attached hydrogens (tertiary/aromatic N) is 8. The summed E-state index contributed by atoms with van der Waals surface area (Å²) in [5, 5.41) is 0.610. The fourth-order valence-corrected chi connectivity index (χ4v) is 6.68. The number of carbonyl (C=O) groups excluding carboxylic acids is 1. The Balaban J connectivity index is 1.71. The van der Waals surface area contributed by atoms with Crippen LogP contribution in [0.15, 0.2) is 48.0 Å². The quantitative estimate of drug-likeness (QED) is 0.206. The number of rotatable bonds is 5. The first-order valence-corrected chi connectivity index (χ1v) is 15.4. The number of nitrogens with two attached hydrogens (primary N) is 1. The van der Waals surface area contributed by atoms with Crippen molar-refractivity contribution in [1.29, 1.82) is 0 Å². The molecule has 1 amide bonds. The van der Waals surface area contributed by atoms with E-state index in [1.54, 1.807) is 23.4 Å². The number of aromatic nitrogens is 6. The minimum atomic E-state index is -0.601. The van der Waals surface area contributed by atoms with Gasteiger partial charge in [-0.3, -0.25) is 4.79 Å². The molecule has 0 spiro atoms. The van der Waals surface area contributed by atoms with Gasteiger partial charge in [0.15, 0.2) is 11.3 Å². The number of piperazine rings is 1. The number of pyridine rings is 2. The number of hydrogen-bond acceptors (Lipinski definition) is 8. The number of nitrogen functional groups attached to an aromatic ring is 1. The molecule has 0 bridgehead atoms.